The number of carbonyl (C=O) groups is 1. The number of nitrogens with zero attached hydrogens (tertiary/aromatic N) is 4. The largest absolute Gasteiger partial charge is 0.435 e. The van der Waals surface area contributed by atoms with Gasteiger partial charge in [-0.3, -0.25) is 18.6 Å². The minimum absolute atomic E-state index is 0.000229. The van der Waals surface area contributed by atoms with Gasteiger partial charge in [0.25, 0.3) is 5.56 Å². The Hall–Kier alpha value is -3.73. The molecule has 2 aromatic heterocycles. The second-order valence-corrected chi connectivity index (χ2v) is 7.52. The number of fused-ring (bicyclic) bond motifs is 3. The number of nitrogens with one attached hydrogen (secondary N) is 1. The van der Waals surface area contributed by atoms with E-state index in [2.05, 4.69) is 26.8 Å². The van der Waals surface area contributed by atoms with E-state index in [0.717, 1.165) is 11.8 Å². The van der Waals surface area contributed by atoms with Crippen LogP contribution in [0.2, 0.25) is 0 Å². The summed E-state index contributed by atoms with van der Waals surface area (Å²) in [4.78, 5) is 25.2. The molecule has 1 N–H and O–H groups in total. The van der Waals surface area contributed by atoms with Crippen molar-refractivity contribution in [2.24, 2.45) is 0 Å². The van der Waals surface area contributed by atoms with Crippen molar-refractivity contribution in [1.29, 1.82) is 0 Å². The van der Waals surface area contributed by atoms with Crippen LogP contribution in [0.3, 0.4) is 0 Å². The number of para-hydroxylation sites is 1. The third-order valence-electron chi connectivity index (χ3n) is 4.49. The molecular formula is C21H17F2N5O3S. The lowest BCUT2D eigenvalue weighted by atomic mass is 10.2. The van der Waals surface area contributed by atoms with Gasteiger partial charge in [0, 0.05) is 12.2 Å². The molecule has 8 nitrogen and oxygen atoms in total. The van der Waals surface area contributed by atoms with Crippen LogP contribution < -0.4 is 15.6 Å². The van der Waals surface area contributed by atoms with E-state index in [1.807, 2.05) is 6.07 Å². The van der Waals surface area contributed by atoms with Crippen molar-refractivity contribution in [3.05, 3.63) is 71.5 Å². The lowest BCUT2D eigenvalue weighted by molar-refractivity contribution is -0.113. The minimum atomic E-state index is -2.91. The molecule has 0 fully saturated rings. The predicted octanol–water partition coefficient (Wildman–Crippen LogP) is 3.56. The molecule has 2 heterocycles. The van der Waals surface area contributed by atoms with Crippen LogP contribution in [0.15, 0.2) is 71.1 Å². The van der Waals surface area contributed by atoms with E-state index in [0.29, 0.717) is 27.5 Å². The summed E-state index contributed by atoms with van der Waals surface area (Å²) in [5.41, 5.74) is 0.873. The van der Waals surface area contributed by atoms with Gasteiger partial charge < -0.3 is 10.1 Å². The third-order valence-corrected chi connectivity index (χ3v) is 5.41. The smallest absolute Gasteiger partial charge is 0.387 e. The first kappa shape index (κ1) is 21.5. The highest BCUT2D eigenvalue weighted by molar-refractivity contribution is 7.99. The Morgan fingerprint density at radius 3 is 2.66 bits per heavy atom. The van der Waals surface area contributed by atoms with Crippen molar-refractivity contribution in [2.45, 2.75) is 18.3 Å². The van der Waals surface area contributed by atoms with Crippen molar-refractivity contribution in [3.8, 4) is 5.75 Å². The van der Waals surface area contributed by atoms with Crippen LogP contribution in [0.25, 0.3) is 16.7 Å². The van der Waals surface area contributed by atoms with Gasteiger partial charge in [-0.25, -0.2) is 0 Å². The quantitative estimate of drug-likeness (QED) is 0.321. The summed E-state index contributed by atoms with van der Waals surface area (Å²) in [6.07, 6.45) is 1.60. The first-order valence-electron chi connectivity index (χ1n) is 9.43. The lowest BCUT2D eigenvalue weighted by Crippen LogP contribution is -2.22. The Balaban J connectivity index is 1.55. The zero-order valence-electron chi connectivity index (χ0n) is 16.6. The Kier molecular flexibility index (Phi) is 6.17. The van der Waals surface area contributed by atoms with Gasteiger partial charge in [0.15, 0.2) is 5.16 Å². The van der Waals surface area contributed by atoms with Crippen LogP contribution in [-0.4, -0.2) is 37.4 Å². The Morgan fingerprint density at radius 2 is 1.94 bits per heavy atom. The molecule has 0 unspecified atom stereocenters. The van der Waals surface area contributed by atoms with Crippen molar-refractivity contribution in [2.75, 3.05) is 11.1 Å². The maximum atomic E-state index is 12.8. The van der Waals surface area contributed by atoms with E-state index in [4.69, 9.17) is 0 Å². The zero-order valence-corrected chi connectivity index (χ0v) is 17.4. The summed E-state index contributed by atoms with van der Waals surface area (Å²) in [6.45, 7) is 1.04. The fraction of sp³-hybridized carbons (Fsp3) is 0.143. The summed E-state index contributed by atoms with van der Waals surface area (Å²) in [6, 6.07) is 12.7. The molecule has 0 atom stereocenters. The van der Waals surface area contributed by atoms with Crippen LogP contribution in [0.5, 0.6) is 5.75 Å². The topological polar surface area (TPSA) is 90.5 Å². The molecule has 0 aliphatic carbocycles. The number of hydrogen-bond donors (Lipinski definition) is 1. The van der Waals surface area contributed by atoms with Gasteiger partial charge in [0.1, 0.15) is 5.75 Å². The first-order valence-corrected chi connectivity index (χ1v) is 10.4. The summed E-state index contributed by atoms with van der Waals surface area (Å²) in [5, 5.41) is 11.9. The van der Waals surface area contributed by atoms with Crippen LogP contribution in [0.1, 0.15) is 0 Å². The number of amides is 1. The summed E-state index contributed by atoms with van der Waals surface area (Å²) in [5.74, 6) is 0.0502. The Morgan fingerprint density at radius 1 is 1.19 bits per heavy atom. The highest BCUT2D eigenvalue weighted by Gasteiger charge is 2.17. The van der Waals surface area contributed by atoms with Gasteiger partial charge in [-0.2, -0.15) is 8.78 Å². The molecule has 164 valence electrons. The number of carbonyl (C=O) groups excluding carboxylic acids is 1. The molecule has 0 saturated carbocycles. The van der Waals surface area contributed by atoms with Gasteiger partial charge in [-0.1, -0.05) is 30.0 Å². The van der Waals surface area contributed by atoms with Crippen LogP contribution in [0.4, 0.5) is 14.5 Å². The second kappa shape index (κ2) is 9.18. The third kappa shape index (κ3) is 4.33. The molecule has 2 aromatic carbocycles. The van der Waals surface area contributed by atoms with Crippen molar-refractivity contribution >= 4 is 40.0 Å². The predicted molar refractivity (Wildman–Crippen MR) is 117 cm³/mol. The first-order chi connectivity index (χ1) is 15.5. The van der Waals surface area contributed by atoms with Crippen LogP contribution in [0, 0.1) is 0 Å². The van der Waals surface area contributed by atoms with Crippen LogP contribution in [-0.2, 0) is 11.3 Å². The lowest BCUT2D eigenvalue weighted by Gasteiger charge is -2.10. The summed E-state index contributed by atoms with van der Waals surface area (Å²) >= 11 is 1.16. The highest BCUT2D eigenvalue weighted by atomic mass is 32.2. The number of allylic oxidation sites excluding steroid dienone is 1. The number of benzene rings is 2. The van der Waals surface area contributed by atoms with Gasteiger partial charge >= 0.3 is 6.61 Å². The SMILES string of the molecule is C=CCn1c(=O)c2ccccc2n2c(SCC(=O)Nc3ccc(OC(F)F)cc3)nnc12. The Bertz CT molecular complexity index is 1350. The van der Waals surface area contributed by atoms with Crippen LogP contribution >= 0.6 is 11.8 Å². The van der Waals surface area contributed by atoms with E-state index in [-0.39, 0.29) is 29.5 Å². The molecule has 0 spiro atoms. The number of hydrogen-bond acceptors (Lipinski definition) is 6. The number of rotatable bonds is 8. The maximum absolute atomic E-state index is 12.8. The fourth-order valence-corrected chi connectivity index (χ4v) is 3.91. The molecular weight excluding hydrogens is 440 g/mol. The molecule has 0 radical (unpaired) electrons. The highest BCUT2D eigenvalue weighted by Crippen LogP contribution is 2.22. The van der Waals surface area contributed by atoms with E-state index < -0.39 is 6.61 Å². The second-order valence-electron chi connectivity index (χ2n) is 6.58. The van der Waals surface area contributed by atoms with Gasteiger partial charge in [0.05, 0.1) is 16.7 Å². The fourth-order valence-electron chi connectivity index (χ4n) is 3.17. The molecule has 1 amide bonds. The summed E-state index contributed by atoms with van der Waals surface area (Å²) in [7, 11) is 0. The maximum Gasteiger partial charge on any atom is 0.387 e. The Labute approximate surface area is 184 Å². The van der Waals surface area contributed by atoms with Crippen molar-refractivity contribution in [1.82, 2.24) is 19.2 Å². The number of aromatic nitrogens is 4. The number of anilines is 1. The molecule has 32 heavy (non-hydrogen) atoms. The molecule has 0 bridgehead atoms. The molecule has 0 aliphatic rings. The number of ether oxygens (including phenoxy) is 1. The van der Waals surface area contributed by atoms with Gasteiger partial charge in [-0.15, -0.1) is 16.8 Å². The number of halogens is 2. The van der Waals surface area contributed by atoms with E-state index >= 15 is 0 Å². The minimum Gasteiger partial charge on any atom is -0.435 e. The molecule has 0 saturated heterocycles. The average molecular weight is 457 g/mol. The molecule has 4 rings (SSSR count). The number of alkyl halides is 2. The monoisotopic (exact) mass is 457 g/mol. The normalized spacial score (nSPS) is 11.2. The van der Waals surface area contributed by atoms with Gasteiger partial charge in [-0.05, 0) is 36.4 Å². The van der Waals surface area contributed by atoms with E-state index in [1.54, 1.807) is 28.7 Å². The molecule has 11 heteroatoms. The van der Waals surface area contributed by atoms with Crippen molar-refractivity contribution < 1.29 is 18.3 Å². The standard InChI is InChI=1S/C21H17F2N5O3S/c1-2-11-27-18(30)15-5-3-4-6-16(15)28-20(27)25-26-21(28)32-12-17(29)24-13-7-9-14(10-8-13)31-19(22)23/h2-10,19H,1,11-12H2,(H,24,29). The van der Waals surface area contributed by atoms with Gasteiger partial charge in [0.2, 0.25) is 11.7 Å². The average Bonchev–Trinajstić information content (AvgIpc) is 3.20. The number of thioether (sulfide) groups is 1. The summed E-state index contributed by atoms with van der Waals surface area (Å²) < 4.78 is 31.9. The van der Waals surface area contributed by atoms with Crippen molar-refractivity contribution in [3.63, 3.8) is 0 Å². The van der Waals surface area contributed by atoms with E-state index in [9.17, 15) is 18.4 Å². The molecule has 0 aliphatic heterocycles. The molecule has 4 aromatic rings. The zero-order chi connectivity index (χ0) is 22.7. The van der Waals surface area contributed by atoms with E-state index in [1.165, 1.54) is 28.8 Å².